The standard InChI is InChI=1S/C8H10ClOP/c9-6-7-11(10)8-4-2-1-3-5-8/h1-4H,5-7H2. The largest absolute Gasteiger partial charge is 0.630 e. The van der Waals surface area contributed by atoms with Gasteiger partial charge in [-0.1, -0.05) is 18.2 Å². The molecule has 0 amide bonds. The minimum absolute atomic E-state index is 0.482. The summed E-state index contributed by atoms with van der Waals surface area (Å²) in [5.74, 6) is 0.482. The summed E-state index contributed by atoms with van der Waals surface area (Å²) in [6.45, 7) is 0. The molecule has 0 fully saturated rings. The molecule has 60 valence electrons. The Bertz CT molecular complexity index is 218. The molecule has 3 heteroatoms. The van der Waals surface area contributed by atoms with Crippen molar-refractivity contribution in [2.45, 2.75) is 6.42 Å². The van der Waals surface area contributed by atoms with Crippen LogP contribution in [0, 0.1) is 0 Å². The molecule has 1 atom stereocenters. The Labute approximate surface area is 72.9 Å². The molecule has 1 unspecified atom stereocenters. The summed E-state index contributed by atoms with van der Waals surface area (Å²) in [6.07, 6.45) is 9.24. The number of hydrogen-bond donors (Lipinski definition) is 0. The molecule has 0 radical (unpaired) electrons. The summed E-state index contributed by atoms with van der Waals surface area (Å²) in [4.78, 5) is 11.3. The van der Waals surface area contributed by atoms with Gasteiger partial charge in [0, 0.05) is 6.42 Å². The molecule has 1 aliphatic rings. The van der Waals surface area contributed by atoms with Crippen LogP contribution in [0.5, 0.6) is 0 Å². The first kappa shape index (κ1) is 8.99. The fourth-order valence-corrected chi connectivity index (χ4v) is 2.37. The van der Waals surface area contributed by atoms with Gasteiger partial charge in [-0.2, -0.15) is 0 Å². The van der Waals surface area contributed by atoms with Gasteiger partial charge in [-0.15, -0.1) is 11.6 Å². The van der Waals surface area contributed by atoms with E-state index in [4.69, 9.17) is 11.6 Å². The first-order valence-electron chi connectivity index (χ1n) is 3.54. The second-order valence-corrected chi connectivity index (χ2v) is 4.43. The predicted octanol–water partition coefficient (Wildman–Crippen LogP) is 1.67. The molecular formula is C8H10ClOP. The van der Waals surface area contributed by atoms with Crippen LogP contribution < -0.4 is 4.89 Å². The molecule has 0 aromatic heterocycles. The van der Waals surface area contributed by atoms with Gasteiger partial charge in [0.15, 0.2) is 0 Å². The van der Waals surface area contributed by atoms with Crippen LogP contribution in [0.4, 0.5) is 0 Å². The average molecular weight is 189 g/mol. The summed E-state index contributed by atoms with van der Waals surface area (Å²) in [6, 6.07) is 0. The number of allylic oxidation sites excluding steroid dienone is 4. The summed E-state index contributed by atoms with van der Waals surface area (Å²) < 4.78 is 0. The number of halogens is 1. The molecule has 0 heterocycles. The fourth-order valence-electron chi connectivity index (χ4n) is 0.907. The Kier molecular flexibility index (Phi) is 3.85. The number of alkyl halides is 1. The van der Waals surface area contributed by atoms with Gasteiger partial charge in [0.25, 0.3) is 0 Å². The lowest BCUT2D eigenvalue weighted by molar-refractivity contribution is -0.152. The van der Waals surface area contributed by atoms with Gasteiger partial charge in [0.05, 0.1) is 13.7 Å². The van der Waals surface area contributed by atoms with E-state index in [0.717, 1.165) is 11.7 Å². The Morgan fingerprint density at radius 3 is 2.91 bits per heavy atom. The van der Waals surface area contributed by atoms with Crippen molar-refractivity contribution >= 4 is 24.7 Å². The van der Waals surface area contributed by atoms with Gasteiger partial charge in [-0.3, -0.25) is 0 Å². The van der Waals surface area contributed by atoms with Crippen molar-refractivity contribution in [3.63, 3.8) is 0 Å². The normalized spacial score (nSPS) is 20.5. The second kappa shape index (κ2) is 4.71. The third-order valence-electron chi connectivity index (χ3n) is 1.47. The number of hydrogen-bond acceptors (Lipinski definition) is 1. The minimum Gasteiger partial charge on any atom is -0.630 e. The molecule has 0 saturated carbocycles. The molecule has 0 bridgehead atoms. The molecule has 1 aliphatic carbocycles. The van der Waals surface area contributed by atoms with Gasteiger partial charge in [0.1, 0.15) is 11.5 Å². The smallest absolute Gasteiger partial charge is 0.120 e. The van der Waals surface area contributed by atoms with Crippen LogP contribution in [0.3, 0.4) is 0 Å². The lowest BCUT2D eigenvalue weighted by Crippen LogP contribution is -2.04. The van der Waals surface area contributed by atoms with Crippen LogP contribution in [0.1, 0.15) is 6.42 Å². The van der Waals surface area contributed by atoms with E-state index >= 15 is 0 Å². The van der Waals surface area contributed by atoms with E-state index in [-0.39, 0.29) is 0 Å². The fraction of sp³-hybridized carbons (Fsp3) is 0.375. The van der Waals surface area contributed by atoms with Crippen molar-refractivity contribution in [1.82, 2.24) is 0 Å². The van der Waals surface area contributed by atoms with Crippen molar-refractivity contribution in [3.8, 4) is 0 Å². The predicted molar refractivity (Wildman–Crippen MR) is 50.4 cm³/mol. The van der Waals surface area contributed by atoms with Crippen molar-refractivity contribution in [2.24, 2.45) is 0 Å². The lowest BCUT2D eigenvalue weighted by Gasteiger charge is -2.02. The molecule has 0 aromatic carbocycles. The van der Waals surface area contributed by atoms with Crippen LogP contribution in [0.25, 0.3) is 0 Å². The van der Waals surface area contributed by atoms with Crippen molar-refractivity contribution < 1.29 is 4.89 Å². The quantitative estimate of drug-likeness (QED) is 0.478. The highest BCUT2D eigenvalue weighted by Crippen LogP contribution is 2.18. The van der Waals surface area contributed by atoms with Crippen molar-refractivity contribution in [2.75, 3.05) is 12.0 Å². The third-order valence-corrected chi connectivity index (χ3v) is 3.53. The van der Waals surface area contributed by atoms with Crippen LogP contribution in [-0.4, -0.2) is 17.3 Å². The molecule has 0 N–H and O–H groups in total. The van der Waals surface area contributed by atoms with E-state index in [0.29, 0.717) is 12.0 Å². The maximum absolute atomic E-state index is 11.3. The molecule has 1 rings (SSSR count). The van der Waals surface area contributed by atoms with Crippen LogP contribution >= 0.6 is 19.4 Å². The summed E-state index contributed by atoms with van der Waals surface area (Å²) in [7, 11) is -1.20. The first-order valence-corrected chi connectivity index (χ1v) is 5.52. The van der Waals surface area contributed by atoms with Gasteiger partial charge >= 0.3 is 0 Å². The lowest BCUT2D eigenvalue weighted by atomic mass is 10.2. The van der Waals surface area contributed by atoms with Gasteiger partial charge < -0.3 is 4.89 Å². The highest BCUT2D eigenvalue weighted by Gasteiger charge is 2.05. The van der Waals surface area contributed by atoms with Crippen molar-refractivity contribution in [3.05, 3.63) is 24.3 Å². The molecular weight excluding hydrogens is 179 g/mol. The molecule has 0 aromatic rings. The average Bonchev–Trinajstić information content (AvgIpc) is 2.07. The monoisotopic (exact) mass is 188 g/mol. The topological polar surface area (TPSA) is 23.1 Å². The van der Waals surface area contributed by atoms with Gasteiger partial charge in [-0.25, -0.2) is 0 Å². The van der Waals surface area contributed by atoms with Crippen LogP contribution in [0.15, 0.2) is 24.3 Å². The Morgan fingerprint density at radius 1 is 1.55 bits per heavy atom. The highest BCUT2D eigenvalue weighted by atomic mass is 35.5. The van der Waals surface area contributed by atoms with E-state index in [1.807, 2.05) is 24.3 Å². The third kappa shape index (κ3) is 2.78. The zero-order valence-electron chi connectivity index (χ0n) is 6.16. The highest BCUT2D eigenvalue weighted by molar-refractivity contribution is 7.52. The maximum Gasteiger partial charge on any atom is 0.120 e. The van der Waals surface area contributed by atoms with E-state index in [2.05, 4.69) is 0 Å². The summed E-state index contributed by atoms with van der Waals surface area (Å²) >= 11 is 5.48. The van der Waals surface area contributed by atoms with Gasteiger partial charge in [-0.05, 0) is 6.08 Å². The van der Waals surface area contributed by atoms with E-state index in [1.165, 1.54) is 0 Å². The van der Waals surface area contributed by atoms with E-state index < -0.39 is 7.77 Å². The van der Waals surface area contributed by atoms with Crippen molar-refractivity contribution in [1.29, 1.82) is 0 Å². The summed E-state index contributed by atoms with van der Waals surface area (Å²) in [5, 5.41) is 1.02. The molecule has 0 spiro atoms. The van der Waals surface area contributed by atoms with E-state index in [9.17, 15) is 4.89 Å². The van der Waals surface area contributed by atoms with Gasteiger partial charge in [0.2, 0.25) is 0 Å². The minimum atomic E-state index is -1.20. The SMILES string of the molecule is [O-]/[P+](CCCl)=C1\C=CC=CC1. The maximum atomic E-state index is 11.3. The zero-order valence-corrected chi connectivity index (χ0v) is 7.81. The Morgan fingerprint density at radius 2 is 2.36 bits per heavy atom. The first-order chi connectivity index (χ1) is 5.34. The Hall–Kier alpha value is -0.100. The van der Waals surface area contributed by atoms with Crippen LogP contribution in [-0.2, 0) is 0 Å². The van der Waals surface area contributed by atoms with Crippen LogP contribution in [0.2, 0.25) is 0 Å². The summed E-state index contributed by atoms with van der Waals surface area (Å²) in [5.41, 5.74) is 0. The zero-order chi connectivity index (χ0) is 8.10. The molecule has 0 saturated heterocycles. The molecule has 0 aliphatic heterocycles. The Balaban J connectivity index is 2.63. The molecule has 11 heavy (non-hydrogen) atoms. The second-order valence-electron chi connectivity index (χ2n) is 2.27. The number of rotatable bonds is 2. The molecule has 1 nitrogen and oxygen atoms in total. The van der Waals surface area contributed by atoms with E-state index in [1.54, 1.807) is 0 Å².